The summed E-state index contributed by atoms with van der Waals surface area (Å²) >= 11 is 0. The Morgan fingerprint density at radius 2 is 1.96 bits per heavy atom. The molecule has 2 saturated heterocycles. The number of methoxy groups -OCH3 is 1. The van der Waals surface area contributed by atoms with Crippen LogP contribution < -0.4 is 0 Å². The number of aliphatic hydroxyl groups excluding tert-OH is 1. The largest absolute Gasteiger partial charge is 0.461 e. The molecule has 8 atom stereocenters. The molecule has 5 fully saturated rings. The SMILES string of the molecule is C=C1C(=O)[C@]23C[C@H]1CC[C@H]2[C@]12[C@H](CCC(C)(C)[C@H]1[C@H](OC)O[C@@H]2O)OC3=O. The summed E-state index contributed by atoms with van der Waals surface area (Å²) in [6.07, 6.45) is 1.33. The van der Waals surface area contributed by atoms with E-state index in [1.54, 1.807) is 7.11 Å². The third-order valence-electron chi connectivity index (χ3n) is 8.56. The van der Waals surface area contributed by atoms with E-state index in [9.17, 15) is 14.7 Å². The van der Waals surface area contributed by atoms with Crippen LogP contribution in [-0.4, -0.2) is 42.7 Å². The summed E-state index contributed by atoms with van der Waals surface area (Å²) in [5.41, 5.74) is -1.65. The third kappa shape index (κ3) is 1.79. The maximum Gasteiger partial charge on any atom is 0.320 e. The van der Waals surface area contributed by atoms with Crippen molar-refractivity contribution in [1.29, 1.82) is 0 Å². The number of aliphatic hydroxyl groups is 1. The molecule has 0 aromatic heterocycles. The highest BCUT2D eigenvalue weighted by Gasteiger charge is 2.80. The second-order valence-corrected chi connectivity index (χ2v) is 9.85. The molecule has 6 heteroatoms. The topological polar surface area (TPSA) is 82.1 Å². The molecule has 0 radical (unpaired) electrons. The summed E-state index contributed by atoms with van der Waals surface area (Å²) in [5, 5.41) is 11.2. The molecule has 0 aromatic rings. The van der Waals surface area contributed by atoms with Gasteiger partial charge < -0.3 is 19.3 Å². The number of ketones is 1. The van der Waals surface area contributed by atoms with Crippen molar-refractivity contribution in [2.45, 2.75) is 64.6 Å². The van der Waals surface area contributed by atoms with E-state index < -0.39 is 35.5 Å². The fourth-order valence-corrected chi connectivity index (χ4v) is 7.49. The standard InChI is InChI=1S/C21H28O6/c1-10-11-5-6-12-20(9-11,15(10)22)17(23)26-13-7-8-19(2,3)14-16(25-4)27-18(24)21(12,13)14/h11-14,16,18,24H,1,5-9H2,2-4H3/t11-,12-,13+,14-,16-,18+,20+,21+/m1/s1. The Morgan fingerprint density at radius 3 is 2.67 bits per heavy atom. The van der Waals surface area contributed by atoms with Gasteiger partial charge in [0.25, 0.3) is 0 Å². The molecular weight excluding hydrogens is 348 g/mol. The molecule has 3 saturated carbocycles. The lowest BCUT2D eigenvalue weighted by Crippen LogP contribution is -2.70. The van der Waals surface area contributed by atoms with Gasteiger partial charge in [-0.2, -0.15) is 0 Å². The number of rotatable bonds is 1. The van der Waals surface area contributed by atoms with Gasteiger partial charge in [-0.25, -0.2) is 0 Å². The first-order valence-electron chi connectivity index (χ1n) is 10.0. The van der Waals surface area contributed by atoms with E-state index in [0.717, 1.165) is 12.8 Å². The van der Waals surface area contributed by atoms with Gasteiger partial charge in [0.15, 0.2) is 18.4 Å². The summed E-state index contributed by atoms with van der Waals surface area (Å²) in [7, 11) is 1.58. The summed E-state index contributed by atoms with van der Waals surface area (Å²) in [6, 6.07) is 0. The third-order valence-corrected chi connectivity index (χ3v) is 8.56. The van der Waals surface area contributed by atoms with Gasteiger partial charge in [-0.1, -0.05) is 20.4 Å². The molecule has 6 nitrogen and oxygen atoms in total. The Balaban J connectivity index is 1.74. The van der Waals surface area contributed by atoms with Crippen LogP contribution in [0.4, 0.5) is 0 Å². The number of fused-ring (bicyclic) bond motifs is 1. The minimum absolute atomic E-state index is 0.0435. The molecule has 3 aliphatic carbocycles. The fourth-order valence-electron chi connectivity index (χ4n) is 7.49. The second kappa shape index (κ2) is 5.22. The van der Waals surface area contributed by atoms with Gasteiger partial charge in [0, 0.05) is 13.0 Å². The van der Waals surface area contributed by atoms with Crippen LogP contribution >= 0.6 is 0 Å². The summed E-state index contributed by atoms with van der Waals surface area (Å²) in [4.78, 5) is 26.5. The molecule has 2 heterocycles. The molecular formula is C21H28O6. The number of allylic oxidation sites excluding steroid dienone is 1. The van der Waals surface area contributed by atoms with Crippen molar-refractivity contribution in [3.05, 3.63) is 12.2 Å². The number of hydrogen-bond donors (Lipinski definition) is 1. The van der Waals surface area contributed by atoms with Crippen molar-refractivity contribution in [1.82, 2.24) is 0 Å². The van der Waals surface area contributed by atoms with Crippen molar-refractivity contribution in [2.24, 2.45) is 34.0 Å². The molecule has 2 bridgehead atoms. The number of Topliss-reactive ketones (excluding diaryl/α,β-unsaturated/α-hetero) is 1. The fraction of sp³-hybridized carbons (Fsp3) is 0.810. The van der Waals surface area contributed by atoms with Gasteiger partial charge in [-0.3, -0.25) is 9.59 Å². The lowest BCUT2D eigenvalue weighted by atomic mass is 9.43. The Labute approximate surface area is 159 Å². The number of carbonyl (C=O) groups excluding carboxylic acids is 2. The van der Waals surface area contributed by atoms with Crippen LogP contribution in [0, 0.1) is 34.0 Å². The van der Waals surface area contributed by atoms with Crippen molar-refractivity contribution >= 4 is 11.8 Å². The molecule has 0 unspecified atom stereocenters. The monoisotopic (exact) mass is 376 g/mol. The summed E-state index contributed by atoms with van der Waals surface area (Å²) < 4.78 is 17.5. The molecule has 0 amide bonds. The van der Waals surface area contributed by atoms with Gasteiger partial charge in [-0.05, 0) is 54.9 Å². The van der Waals surface area contributed by atoms with E-state index in [1.807, 2.05) is 0 Å². The normalized spacial score (nSPS) is 52.8. The number of ether oxygens (including phenoxy) is 3. The Morgan fingerprint density at radius 1 is 1.22 bits per heavy atom. The average Bonchev–Trinajstić information content (AvgIpc) is 3.04. The van der Waals surface area contributed by atoms with Crippen LogP contribution in [-0.2, 0) is 23.8 Å². The van der Waals surface area contributed by atoms with Crippen molar-refractivity contribution in [3.8, 4) is 0 Å². The Kier molecular flexibility index (Phi) is 3.45. The maximum atomic E-state index is 13.3. The minimum Gasteiger partial charge on any atom is -0.461 e. The Hall–Kier alpha value is -1.24. The molecule has 1 N–H and O–H groups in total. The quantitative estimate of drug-likeness (QED) is 0.429. The molecule has 5 aliphatic rings. The zero-order valence-electron chi connectivity index (χ0n) is 16.2. The van der Waals surface area contributed by atoms with Crippen LogP contribution in [0.25, 0.3) is 0 Å². The first kappa shape index (κ1) is 17.8. The summed E-state index contributed by atoms with van der Waals surface area (Å²) in [5.74, 6) is -1.01. The van der Waals surface area contributed by atoms with E-state index in [1.165, 1.54) is 0 Å². The second-order valence-electron chi connectivity index (χ2n) is 9.85. The molecule has 27 heavy (non-hydrogen) atoms. The van der Waals surface area contributed by atoms with Gasteiger partial charge in [-0.15, -0.1) is 0 Å². The van der Waals surface area contributed by atoms with Gasteiger partial charge in [0.1, 0.15) is 11.5 Å². The molecule has 2 spiro atoms. The van der Waals surface area contributed by atoms with Crippen molar-refractivity contribution in [3.63, 3.8) is 0 Å². The lowest BCUT2D eigenvalue weighted by molar-refractivity contribution is -0.268. The average molecular weight is 376 g/mol. The van der Waals surface area contributed by atoms with Gasteiger partial charge in [0.05, 0.1) is 5.41 Å². The minimum atomic E-state index is -1.21. The molecule has 148 valence electrons. The van der Waals surface area contributed by atoms with E-state index in [2.05, 4.69) is 20.4 Å². The van der Waals surface area contributed by atoms with E-state index in [0.29, 0.717) is 24.8 Å². The van der Waals surface area contributed by atoms with Crippen molar-refractivity contribution in [2.75, 3.05) is 7.11 Å². The Bertz CT molecular complexity index is 743. The van der Waals surface area contributed by atoms with E-state index in [-0.39, 0.29) is 29.0 Å². The predicted molar refractivity (Wildman–Crippen MR) is 94.1 cm³/mol. The van der Waals surface area contributed by atoms with Crippen LogP contribution in [0.1, 0.15) is 46.0 Å². The lowest BCUT2D eigenvalue weighted by Gasteiger charge is -2.62. The first-order valence-corrected chi connectivity index (χ1v) is 10.0. The predicted octanol–water partition coefficient (Wildman–Crippen LogP) is 2.20. The van der Waals surface area contributed by atoms with Gasteiger partial charge >= 0.3 is 5.97 Å². The molecule has 0 aromatic carbocycles. The highest BCUT2D eigenvalue weighted by Crippen LogP contribution is 2.72. The van der Waals surface area contributed by atoms with Gasteiger partial charge in [0.2, 0.25) is 0 Å². The van der Waals surface area contributed by atoms with Crippen LogP contribution in [0.15, 0.2) is 12.2 Å². The van der Waals surface area contributed by atoms with Crippen LogP contribution in [0.5, 0.6) is 0 Å². The molecule has 5 rings (SSSR count). The van der Waals surface area contributed by atoms with Crippen LogP contribution in [0.2, 0.25) is 0 Å². The highest BCUT2D eigenvalue weighted by molar-refractivity contribution is 6.15. The number of esters is 1. The van der Waals surface area contributed by atoms with Crippen molar-refractivity contribution < 1.29 is 28.9 Å². The van der Waals surface area contributed by atoms with E-state index >= 15 is 0 Å². The number of carbonyl (C=O) groups is 2. The first-order chi connectivity index (χ1) is 12.7. The van der Waals surface area contributed by atoms with Crippen LogP contribution in [0.3, 0.4) is 0 Å². The molecule has 2 aliphatic heterocycles. The van der Waals surface area contributed by atoms with E-state index in [4.69, 9.17) is 14.2 Å². The zero-order chi connectivity index (χ0) is 19.4. The smallest absolute Gasteiger partial charge is 0.320 e. The summed E-state index contributed by atoms with van der Waals surface area (Å²) in [6.45, 7) is 8.31. The maximum absolute atomic E-state index is 13.3. The zero-order valence-corrected chi connectivity index (χ0v) is 16.2. The number of hydrogen-bond acceptors (Lipinski definition) is 6. The highest BCUT2D eigenvalue weighted by atomic mass is 16.7.